The molecule has 8 heteroatoms. The predicted octanol–water partition coefficient (Wildman–Crippen LogP) is 3.90. The number of para-hydroxylation sites is 1. The van der Waals surface area contributed by atoms with Gasteiger partial charge in [0, 0.05) is 23.9 Å². The molecule has 0 spiro atoms. The summed E-state index contributed by atoms with van der Waals surface area (Å²) in [6, 6.07) is 15.2. The smallest absolute Gasteiger partial charge is 0.237 e. The van der Waals surface area contributed by atoms with Gasteiger partial charge in [-0.25, -0.2) is 0 Å². The lowest BCUT2D eigenvalue weighted by Crippen LogP contribution is -2.37. The summed E-state index contributed by atoms with van der Waals surface area (Å²) in [4.78, 5) is 15.1. The van der Waals surface area contributed by atoms with Crippen LogP contribution in [0.2, 0.25) is 0 Å². The summed E-state index contributed by atoms with van der Waals surface area (Å²) in [7, 11) is 0. The molecule has 3 aromatic rings. The van der Waals surface area contributed by atoms with Crippen LogP contribution >= 0.6 is 11.8 Å². The third-order valence-corrected chi connectivity index (χ3v) is 7.00. The minimum Gasteiger partial charge on any atom is -0.508 e. The molecule has 1 amide bonds. The first kappa shape index (κ1) is 21.0. The van der Waals surface area contributed by atoms with E-state index >= 15 is 0 Å². The highest BCUT2D eigenvalue weighted by molar-refractivity contribution is 7.99. The Hall–Kier alpha value is -2.84. The minimum atomic E-state index is 0.0744. The van der Waals surface area contributed by atoms with Gasteiger partial charge in [-0.2, -0.15) is 0 Å². The molecule has 2 aliphatic heterocycles. The number of fused-ring (bicyclic) bond motifs is 1. The van der Waals surface area contributed by atoms with Gasteiger partial charge < -0.3 is 14.7 Å². The summed E-state index contributed by atoms with van der Waals surface area (Å²) in [5, 5.41) is 19.2. The van der Waals surface area contributed by atoms with Crippen LogP contribution < -0.4 is 4.90 Å². The molecule has 1 fully saturated rings. The Kier molecular flexibility index (Phi) is 5.89. The van der Waals surface area contributed by atoms with Gasteiger partial charge in [-0.1, -0.05) is 30.0 Å². The topological polar surface area (TPSA) is 80.5 Å². The van der Waals surface area contributed by atoms with Gasteiger partial charge in [0.2, 0.25) is 5.91 Å². The number of ether oxygens (including phenoxy) is 1. The number of hydrogen-bond acceptors (Lipinski definition) is 6. The maximum atomic E-state index is 13.2. The number of phenols is 1. The lowest BCUT2D eigenvalue weighted by Gasteiger charge is -2.22. The van der Waals surface area contributed by atoms with Crippen molar-refractivity contribution in [3.63, 3.8) is 0 Å². The third kappa shape index (κ3) is 4.12. The Morgan fingerprint density at radius 2 is 2.00 bits per heavy atom. The van der Waals surface area contributed by atoms with Gasteiger partial charge in [0.05, 0.1) is 18.4 Å². The van der Waals surface area contributed by atoms with Crippen LogP contribution in [0.5, 0.6) is 5.75 Å². The number of rotatable bonds is 6. The number of aromatic nitrogens is 3. The van der Waals surface area contributed by atoms with Gasteiger partial charge in [0.15, 0.2) is 11.0 Å². The Labute approximate surface area is 191 Å². The second-order valence-corrected chi connectivity index (χ2v) is 9.28. The van der Waals surface area contributed by atoms with E-state index in [0.717, 1.165) is 42.9 Å². The molecule has 2 unspecified atom stereocenters. The van der Waals surface area contributed by atoms with Crippen molar-refractivity contribution in [3.8, 4) is 17.1 Å². The summed E-state index contributed by atoms with van der Waals surface area (Å²) >= 11 is 1.41. The van der Waals surface area contributed by atoms with Crippen molar-refractivity contribution in [2.24, 2.45) is 0 Å². The monoisotopic (exact) mass is 450 g/mol. The largest absolute Gasteiger partial charge is 0.508 e. The summed E-state index contributed by atoms with van der Waals surface area (Å²) in [6.07, 6.45) is 3.04. The third-order valence-electron chi connectivity index (χ3n) is 6.05. The maximum Gasteiger partial charge on any atom is 0.237 e. The lowest BCUT2D eigenvalue weighted by molar-refractivity contribution is -0.116. The molecule has 7 nitrogen and oxygen atoms in total. The summed E-state index contributed by atoms with van der Waals surface area (Å²) in [5.74, 6) is 1.29. The van der Waals surface area contributed by atoms with E-state index in [4.69, 9.17) is 4.74 Å². The first-order valence-electron chi connectivity index (χ1n) is 11.0. The first-order valence-corrected chi connectivity index (χ1v) is 12.0. The van der Waals surface area contributed by atoms with Crippen LogP contribution in [-0.4, -0.2) is 50.3 Å². The van der Waals surface area contributed by atoms with Crippen molar-refractivity contribution in [3.05, 3.63) is 54.1 Å². The number of amides is 1. The highest BCUT2D eigenvalue weighted by atomic mass is 32.2. The Balaban J connectivity index is 1.37. The van der Waals surface area contributed by atoms with Gasteiger partial charge in [0.25, 0.3) is 0 Å². The molecule has 2 atom stereocenters. The molecule has 1 saturated heterocycles. The van der Waals surface area contributed by atoms with E-state index in [-0.39, 0.29) is 29.6 Å². The summed E-state index contributed by atoms with van der Waals surface area (Å²) in [6.45, 7) is 3.50. The van der Waals surface area contributed by atoms with E-state index in [9.17, 15) is 9.90 Å². The molecule has 0 bridgehead atoms. The second-order valence-electron chi connectivity index (χ2n) is 8.33. The molecule has 0 saturated carbocycles. The lowest BCUT2D eigenvalue weighted by atomic mass is 10.1. The second kappa shape index (κ2) is 8.96. The van der Waals surface area contributed by atoms with E-state index in [2.05, 4.69) is 23.2 Å². The molecule has 0 aliphatic carbocycles. The zero-order valence-corrected chi connectivity index (χ0v) is 18.8. The van der Waals surface area contributed by atoms with Crippen LogP contribution in [0.4, 0.5) is 5.69 Å². The predicted molar refractivity (Wildman–Crippen MR) is 124 cm³/mol. The molecule has 32 heavy (non-hydrogen) atoms. The average Bonchev–Trinajstić information content (AvgIpc) is 3.52. The molecule has 1 N–H and O–H groups in total. The Morgan fingerprint density at radius 3 is 2.78 bits per heavy atom. The van der Waals surface area contributed by atoms with Gasteiger partial charge >= 0.3 is 0 Å². The number of nitrogens with zero attached hydrogens (tertiary/aromatic N) is 4. The van der Waals surface area contributed by atoms with Crippen molar-refractivity contribution < 1.29 is 14.6 Å². The number of carbonyl (C=O) groups is 1. The number of aromatic hydroxyl groups is 1. The summed E-state index contributed by atoms with van der Waals surface area (Å²) in [5.41, 5.74) is 3.10. The van der Waals surface area contributed by atoms with E-state index in [0.29, 0.717) is 11.7 Å². The zero-order chi connectivity index (χ0) is 22.1. The highest BCUT2D eigenvalue weighted by Crippen LogP contribution is 2.33. The molecule has 5 rings (SSSR count). The summed E-state index contributed by atoms with van der Waals surface area (Å²) < 4.78 is 7.89. The average molecular weight is 451 g/mol. The fourth-order valence-electron chi connectivity index (χ4n) is 4.52. The van der Waals surface area contributed by atoms with Gasteiger partial charge in [-0.15, -0.1) is 10.2 Å². The normalized spacial score (nSPS) is 20.0. The van der Waals surface area contributed by atoms with Crippen molar-refractivity contribution in [1.29, 1.82) is 0 Å². The van der Waals surface area contributed by atoms with Crippen LogP contribution in [0.3, 0.4) is 0 Å². The molecule has 1 aromatic heterocycles. The molecule has 2 aliphatic rings. The standard InChI is InChI=1S/C24H26N4O3S/c1-16-13-18-5-2-3-7-21(18)28(16)22(30)15-32-24-26-25-23(17-8-10-19(29)11-9-17)27(24)14-20-6-4-12-31-20/h2-3,5,7-11,16,20,29H,4,6,12-15H2,1H3. The van der Waals surface area contributed by atoms with Crippen molar-refractivity contribution in [1.82, 2.24) is 14.8 Å². The van der Waals surface area contributed by atoms with Crippen LogP contribution in [0.1, 0.15) is 25.3 Å². The van der Waals surface area contributed by atoms with Gasteiger partial charge in [0.1, 0.15) is 5.75 Å². The highest BCUT2D eigenvalue weighted by Gasteiger charge is 2.31. The zero-order valence-electron chi connectivity index (χ0n) is 18.0. The van der Waals surface area contributed by atoms with Crippen LogP contribution in [0, 0.1) is 0 Å². The quantitative estimate of drug-likeness (QED) is 0.574. The fraction of sp³-hybridized carbons (Fsp3) is 0.375. The molecular formula is C24H26N4O3S. The van der Waals surface area contributed by atoms with E-state index in [1.165, 1.54) is 17.3 Å². The molecule has 166 valence electrons. The molecule has 3 heterocycles. The SMILES string of the molecule is CC1Cc2ccccc2N1C(=O)CSc1nnc(-c2ccc(O)cc2)n1CC1CCCO1. The first-order chi connectivity index (χ1) is 15.6. The van der Waals surface area contributed by atoms with Crippen LogP contribution in [-0.2, 0) is 22.5 Å². The molecule has 0 radical (unpaired) electrons. The fourth-order valence-corrected chi connectivity index (χ4v) is 5.32. The van der Waals surface area contributed by atoms with Crippen molar-refractivity contribution >= 4 is 23.4 Å². The van der Waals surface area contributed by atoms with E-state index < -0.39 is 0 Å². The Bertz CT molecular complexity index is 1110. The number of phenolic OH excluding ortho intramolecular Hbond substituents is 1. The number of carbonyl (C=O) groups excluding carboxylic acids is 1. The van der Waals surface area contributed by atoms with Crippen molar-refractivity contribution in [2.45, 2.75) is 50.0 Å². The number of benzene rings is 2. The van der Waals surface area contributed by atoms with Gasteiger partial charge in [-0.05, 0) is 62.1 Å². The molecule has 2 aromatic carbocycles. The van der Waals surface area contributed by atoms with Crippen molar-refractivity contribution in [2.75, 3.05) is 17.3 Å². The van der Waals surface area contributed by atoms with E-state index in [1.807, 2.05) is 39.8 Å². The Morgan fingerprint density at radius 1 is 1.19 bits per heavy atom. The number of anilines is 1. The van der Waals surface area contributed by atoms with Crippen LogP contribution in [0.15, 0.2) is 53.7 Å². The number of thioether (sulfide) groups is 1. The van der Waals surface area contributed by atoms with Crippen LogP contribution in [0.25, 0.3) is 11.4 Å². The van der Waals surface area contributed by atoms with E-state index in [1.54, 1.807) is 12.1 Å². The minimum absolute atomic E-state index is 0.0744. The molecular weight excluding hydrogens is 424 g/mol. The number of hydrogen-bond donors (Lipinski definition) is 1. The maximum absolute atomic E-state index is 13.2. The van der Waals surface area contributed by atoms with Gasteiger partial charge in [-0.3, -0.25) is 9.36 Å².